The molecule has 0 fully saturated rings. The number of hydrogen-bond donors (Lipinski definition) is 1. The lowest BCUT2D eigenvalue weighted by Gasteiger charge is -2.16. The molecule has 3 aromatic rings. The molecular formula is C22H22O3. The van der Waals surface area contributed by atoms with Crippen molar-refractivity contribution in [2.45, 2.75) is 31.8 Å². The van der Waals surface area contributed by atoms with Gasteiger partial charge in [0.25, 0.3) is 0 Å². The van der Waals surface area contributed by atoms with Gasteiger partial charge in [0.15, 0.2) is 6.10 Å². The Hall–Kier alpha value is -2.81. The quantitative estimate of drug-likeness (QED) is 0.584. The van der Waals surface area contributed by atoms with Gasteiger partial charge in [-0.05, 0) is 42.7 Å². The van der Waals surface area contributed by atoms with E-state index < -0.39 is 12.1 Å². The smallest absolute Gasteiger partial charge is 0.344 e. The maximum absolute atomic E-state index is 11.6. The topological polar surface area (TPSA) is 46.5 Å². The van der Waals surface area contributed by atoms with Crippen molar-refractivity contribution in [2.24, 2.45) is 0 Å². The van der Waals surface area contributed by atoms with Crippen LogP contribution in [0.3, 0.4) is 0 Å². The Morgan fingerprint density at radius 3 is 2.40 bits per heavy atom. The summed E-state index contributed by atoms with van der Waals surface area (Å²) in [6.45, 7) is 0. The van der Waals surface area contributed by atoms with Crippen molar-refractivity contribution in [2.75, 3.05) is 0 Å². The second kappa shape index (κ2) is 8.34. The molecule has 3 aromatic carbocycles. The molecule has 1 unspecified atom stereocenters. The van der Waals surface area contributed by atoms with Gasteiger partial charge in [-0.25, -0.2) is 4.79 Å². The van der Waals surface area contributed by atoms with E-state index in [0.717, 1.165) is 30.0 Å². The number of benzene rings is 3. The molecule has 0 saturated carbocycles. The highest BCUT2D eigenvalue weighted by molar-refractivity contribution is 5.88. The van der Waals surface area contributed by atoms with E-state index >= 15 is 0 Å². The van der Waals surface area contributed by atoms with Gasteiger partial charge in [0, 0.05) is 5.39 Å². The second-order valence-corrected chi connectivity index (χ2v) is 6.15. The number of unbranched alkanes of at least 4 members (excludes halogenated alkanes) is 1. The summed E-state index contributed by atoms with van der Waals surface area (Å²) in [5, 5.41) is 11.5. The molecule has 1 atom stereocenters. The first-order chi connectivity index (χ1) is 12.2. The summed E-state index contributed by atoms with van der Waals surface area (Å²) in [7, 11) is 0. The van der Waals surface area contributed by atoms with E-state index in [2.05, 4.69) is 12.1 Å². The van der Waals surface area contributed by atoms with Crippen molar-refractivity contribution in [1.29, 1.82) is 0 Å². The van der Waals surface area contributed by atoms with E-state index in [1.165, 1.54) is 5.56 Å². The zero-order chi connectivity index (χ0) is 17.5. The molecule has 1 N–H and O–H groups in total. The molecule has 0 bridgehead atoms. The van der Waals surface area contributed by atoms with Crippen LogP contribution >= 0.6 is 0 Å². The number of carboxylic acids is 1. The van der Waals surface area contributed by atoms with E-state index in [9.17, 15) is 9.90 Å². The Morgan fingerprint density at radius 2 is 1.60 bits per heavy atom. The minimum atomic E-state index is -0.910. The number of ether oxygens (including phenoxy) is 1. The Bertz CT molecular complexity index is 822. The van der Waals surface area contributed by atoms with E-state index in [1.807, 2.05) is 60.7 Å². The normalized spacial score (nSPS) is 12.0. The van der Waals surface area contributed by atoms with Gasteiger partial charge in [0.1, 0.15) is 5.75 Å². The minimum Gasteiger partial charge on any atom is -0.479 e. The average Bonchev–Trinajstić information content (AvgIpc) is 2.65. The summed E-state index contributed by atoms with van der Waals surface area (Å²) in [5.74, 6) is -0.277. The summed E-state index contributed by atoms with van der Waals surface area (Å²) < 4.78 is 5.84. The van der Waals surface area contributed by atoms with Gasteiger partial charge in [-0.15, -0.1) is 0 Å². The summed E-state index contributed by atoms with van der Waals surface area (Å²) in [5.41, 5.74) is 1.28. The van der Waals surface area contributed by atoms with Gasteiger partial charge in [-0.1, -0.05) is 66.7 Å². The monoisotopic (exact) mass is 334 g/mol. The molecule has 128 valence electrons. The third-order valence-corrected chi connectivity index (χ3v) is 4.32. The van der Waals surface area contributed by atoms with Gasteiger partial charge in [0.05, 0.1) is 0 Å². The fourth-order valence-electron chi connectivity index (χ4n) is 2.99. The van der Waals surface area contributed by atoms with Crippen molar-refractivity contribution in [3.63, 3.8) is 0 Å². The molecule has 3 nitrogen and oxygen atoms in total. The molecule has 0 heterocycles. The molecule has 0 aromatic heterocycles. The average molecular weight is 334 g/mol. The van der Waals surface area contributed by atoms with E-state index in [1.54, 1.807) is 0 Å². The highest BCUT2D eigenvalue weighted by atomic mass is 16.5. The van der Waals surface area contributed by atoms with Gasteiger partial charge in [-0.2, -0.15) is 0 Å². The lowest BCUT2D eigenvalue weighted by atomic mass is 10.1. The van der Waals surface area contributed by atoms with Gasteiger partial charge < -0.3 is 9.84 Å². The summed E-state index contributed by atoms with van der Waals surface area (Å²) in [4.78, 5) is 11.6. The highest BCUT2D eigenvalue weighted by Crippen LogP contribution is 2.27. The van der Waals surface area contributed by atoms with Gasteiger partial charge in [0.2, 0.25) is 0 Å². The van der Waals surface area contributed by atoms with Crippen LogP contribution in [-0.4, -0.2) is 17.2 Å². The van der Waals surface area contributed by atoms with Crippen molar-refractivity contribution in [3.8, 4) is 5.75 Å². The standard InChI is InChI=1S/C22H22O3/c23-22(24)21(15-7-4-11-17-9-2-1-3-10-17)25-20-16-8-13-18-12-5-6-14-19(18)20/h1-3,5-6,8-10,12-14,16,21H,4,7,11,15H2,(H,23,24). The third-order valence-electron chi connectivity index (χ3n) is 4.32. The van der Waals surface area contributed by atoms with Crippen LogP contribution < -0.4 is 4.74 Å². The zero-order valence-electron chi connectivity index (χ0n) is 14.1. The number of fused-ring (bicyclic) bond motifs is 1. The molecule has 0 spiro atoms. The summed E-state index contributed by atoms with van der Waals surface area (Å²) in [6.07, 6.45) is 2.41. The first-order valence-electron chi connectivity index (χ1n) is 8.65. The summed E-state index contributed by atoms with van der Waals surface area (Å²) >= 11 is 0. The molecule has 0 saturated heterocycles. The van der Waals surface area contributed by atoms with E-state index in [0.29, 0.717) is 12.2 Å². The van der Waals surface area contributed by atoms with Crippen molar-refractivity contribution in [1.82, 2.24) is 0 Å². The first kappa shape index (κ1) is 17.0. The van der Waals surface area contributed by atoms with Crippen LogP contribution in [0.25, 0.3) is 10.8 Å². The largest absolute Gasteiger partial charge is 0.479 e. The number of rotatable bonds is 8. The fourth-order valence-corrected chi connectivity index (χ4v) is 2.99. The zero-order valence-corrected chi connectivity index (χ0v) is 14.1. The van der Waals surface area contributed by atoms with Crippen molar-refractivity contribution >= 4 is 16.7 Å². The molecule has 3 heteroatoms. The molecule has 0 aliphatic rings. The fraction of sp³-hybridized carbons (Fsp3) is 0.227. The molecule has 0 aliphatic heterocycles. The van der Waals surface area contributed by atoms with E-state index in [4.69, 9.17) is 4.74 Å². The highest BCUT2D eigenvalue weighted by Gasteiger charge is 2.19. The number of hydrogen-bond acceptors (Lipinski definition) is 2. The second-order valence-electron chi connectivity index (χ2n) is 6.15. The molecule has 3 rings (SSSR count). The van der Waals surface area contributed by atoms with Crippen LogP contribution in [0.1, 0.15) is 24.8 Å². The number of carbonyl (C=O) groups is 1. The Labute approximate surface area is 147 Å². The van der Waals surface area contributed by atoms with E-state index in [-0.39, 0.29) is 0 Å². The van der Waals surface area contributed by atoms with Crippen LogP contribution in [0.2, 0.25) is 0 Å². The van der Waals surface area contributed by atoms with Crippen LogP contribution in [0.5, 0.6) is 5.75 Å². The third kappa shape index (κ3) is 4.60. The maximum Gasteiger partial charge on any atom is 0.344 e. The number of aliphatic carboxylic acids is 1. The molecular weight excluding hydrogens is 312 g/mol. The lowest BCUT2D eigenvalue weighted by molar-refractivity contribution is -0.145. The first-order valence-corrected chi connectivity index (χ1v) is 8.65. The van der Waals surface area contributed by atoms with Gasteiger partial charge in [-0.3, -0.25) is 0 Å². The minimum absolute atomic E-state index is 0.505. The van der Waals surface area contributed by atoms with Crippen LogP contribution in [0, 0.1) is 0 Å². The van der Waals surface area contributed by atoms with Crippen LogP contribution in [0.4, 0.5) is 0 Å². The Balaban J connectivity index is 1.60. The Kier molecular flexibility index (Phi) is 5.68. The Morgan fingerprint density at radius 1 is 0.880 bits per heavy atom. The predicted octanol–water partition coefficient (Wildman–Crippen LogP) is 5.08. The number of aryl methyl sites for hydroxylation is 1. The van der Waals surface area contributed by atoms with Crippen LogP contribution in [0.15, 0.2) is 72.8 Å². The van der Waals surface area contributed by atoms with Crippen LogP contribution in [-0.2, 0) is 11.2 Å². The SMILES string of the molecule is O=C(O)C(CCCCc1ccccc1)Oc1cccc2ccccc12. The number of carboxylic acid groups (broad SMARTS) is 1. The predicted molar refractivity (Wildman–Crippen MR) is 100.0 cm³/mol. The summed E-state index contributed by atoms with van der Waals surface area (Å²) in [6, 6.07) is 23.8. The molecule has 0 aliphatic carbocycles. The van der Waals surface area contributed by atoms with Crippen molar-refractivity contribution in [3.05, 3.63) is 78.4 Å². The lowest BCUT2D eigenvalue weighted by Crippen LogP contribution is -2.27. The molecule has 0 amide bonds. The maximum atomic E-state index is 11.6. The van der Waals surface area contributed by atoms with Crippen molar-refractivity contribution < 1.29 is 14.6 Å². The van der Waals surface area contributed by atoms with Gasteiger partial charge >= 0.3 is 5.97 Å². The molecule has 0 radical (unpaired) electrons. The molecule has 25 heavy (non-hydrogen) atoms.